The van der Waals surface area contributed by atoms with Gasteiger partial charge in [0.15, 0.2) is 0 Å². The lowest BCUT2D eigenvalue weighted by Crippen LogP contribution is -2.23. The monoisotopic (exact) mass is 147 g/mol. The van der Waals surface area contributed by atoms with Gasteiger partial charge in [0.25, 0.3) is 0 Å². The standard InChI is InChI=1S/C10H13N/c1-11-8-7-9-5-3-2-4-6-10(9)11/h2-6,10H,7-8H2,1H3. The minimum atomic E-state index is 0.574. The molecule has 2 aliphatic rings. The SMILES string of the molecule is CN1CCC2=CC=CC=CC21. The Bertz CT molecular complexity index is 235. The van der Waals surface area contributed by atoms with E-state index in [1.807, 2.05) is 0 Å². The Morgan fingerprint density at radius 1 is 1.36 bits per heavy atom. The van der Waals surface area contributed by atoms with Crippen LogP contribution in [0.4, 0.5) is 0 Å². The summed E-state index contributed by atoms with van der Waals surface area (Å²) in [6.45, 7) is 1.20. The molecule has 0 radical (unpaired) electrons. The molecule has 1 heteroatoms. The van der Waals surface area contributed by atoms with Crippen LogP contribution in [0.3, 0.4) is 0 Å². The molecule has 58 valence electrons. The van der Waals surface area contributed by atoms with Crippen LogP contribution < -0.4 is 0 Å². The molecule has 0 amide bonds. The van der Waals surface area contributed by atoms with Gasteiger partial charge in [0.1, 0.15) is 0 Å². The molecule has 0 aromatic heterocycles. The maximum Gasteiger partial charge on any atom is 0.0494 e. The molecule has 0 aromatic rings. The number of rotatable bonds is 0. The zero-order chi connectivity index (χ0) is 7.68. The maximum atomic E-state index is 2.38. The van der Waals surface area contributed by atoms with Crippen LogP contribution in [-0.4, -0.2) is 24.5 Å². The Morgan fingerprint density at radius 2 is 2.27 bits per heavy atom. The van der Waals surface area contributed by atoms with Gasteiger partial charge < -0.3 is 0 Å². The minimum Gasteiger partial charge on any atom is -0.296 e. The average Bonchev–Trinajstić information content (AvgIpc) is 2.25. The van der Waals surface area contributed by atoms with Gasteiger partial charge in [-0.3, -0.25) is 4.90 Å². The second kappa shape index (κ2) is 2.67. The Hall–Kier alpha value is -0.820. The first-order chi connectivity index (χ1) is 5.38. The number of nitrogens with zero attached hydrogens (tertiary/aromatic N) is 1. The van der Waals surface area contributed by atoms with E-state index in [0.717, 1.165) is 0 Å². The normalized spacial score (nSPS) is 29.9. The van der Waals surface area contributed by atoms with Crippen molar-refractivity contribution in [2.45, 2.75) is 12.5 Å². The molecule has 1 fully saturated rings. The molecule has 1 saturated heterocycles. The van der Waals surface area contributed by atoms with Gasteiger partial charge in [-0.05, 0) is 19.0 Å². The van der Waals surface area contributed by atoms with Crippen LogP contribution in [0, 0.1) is 0 Å². The predicted octanol–water partition coefficient (Wildman–Crippen LogP) is 1.74. The Labute approximate surface area is 67.7 Å². The highest BCUT2D eigenvalue weighted by Crippen LogP contribution is 2.24. The first-order valence-corrected chi connectivity index (χ1v) is 4.12. The van der Waals surface area contributed by atoms with E-state index in [4.69, 9.17) is 0 Å². The molecule has 0 saturated carbocycles. The summed E-state index contributed by atoms with van der Waals surface area (Å²) in [4.78, 5) is 2.38. The summed E-state index contributed by atoms with van der Waals surface area (Å²) < 4.78 is 0. The summed E-state index contributed by atoms with van der Waals surface area (Å²) in [5.74, 6) is 0. The molecule has 0 N–H and O–H groups in total. The summed E-state index contributed by atoms with van der Waals surface area (Å²) in [5.41, 5.74) is 1.55. The topological polar surface area (TPSA) is 3.24 Å². The maximum absolute atomic E-state index is 2.38. The minimum absolute atomic E-state index is 0.574. The summed E-state index contributed by atoms with van der Waals surface area (Å²) in [6, 6.07) is 0.574. The predicted molar refractivity (Wildman–Crippen MR) is 47.4 cm³/mol. The van der Waals surface area contributed by atoms with E-state index in [1.54, 1.807) is 5.57 Å². The van der Waals surface area contributed by atoms with Crippen LogP contribution in [0.15, 0.2) is 36.0 Å². The third-order valence-corrected chi connectivity index (χ3v) is 2.43. The zero-order valence-electron chi connectivity index (χ0n) is 6.83. The second-order valence-electron chi connectivity index (χ2n) is 3.19. The summed E-state index contributed by atoms with van der Waals surface area (Å²) in [5, 5.41) is 0. The van der Waals surface area contributed by atoms with E-state index in [1.165, 1.54) is 13.0 Å². The molecular weight excluding hydrogens is 134 g/mol. The average molecular weight is 147 g/mol. The lowest BCUT2D eigenvalue weighted by molar-refractivity contribution is 0.371. The van der Waals surface area contributed by atoms with Gasteiger partial charge in [-0.15, -0.1) is 0 Å². The fourth-order valence-electron chi connectivity index (χ4n) is 1.74. The highest BCUT2D eigenvalue weighted by molar-refractivity contribution is 5.32. The molecule has 1 aliphatic carbocycles. The van der Waals surface area contributed by atoms with Crippen molar-refractivity contribution in [1.29, 1.82) is 0 Å². The molecule has 0 spiro atoms. The highest BCUT2D eigenvalue weighted by Gasteiger charge is 2.22. The molecule has 1 nitrogen and oxygen atoms in total. The van der Waals surface area contributed by atoms with E-state index in [0.29, 0.717) is 6.04 Å². The van der Waals surface area contributed by atoms with Crippen molar-refractivity contribution in [2.24, 2.45) is 0 Å². The molecule has 0 bridgehead atoms. The fourth-order valence-corrected chi connectivity index (χ4v) is 1.74. The second-order valence-corrected chi connectivity index (χ2v) is 3.19. The molecule has 0 aromatic carbocycles. The lowest BCUT2D eigenvalue weighted by Gasteiger charge is -2.15. The molecule has 11 heavy (non-hydrogen) atoms. The van der Waals surface area contributed by atoms with Crippen molar-refractivity contribution < 1.29 is 0 Å². The van der Waals surface area contributed by atoms with Crippen LogP contribution in [-0.2, 0) is 0 Å². The van der Waals surface area contributed by atoms with Crippen LogP contribution in [0.25, 0.3) is 0 Å². The molecular formula is C10H13N. The molecule has 1 aliphatic heterocycles. The first kappa shape index (κ1) is 6.86. The summed E-state index contributed by atoms with van der Waals surface area (Å²) in [6.07, 6.45) is 12.1. The van der Waals surface area contributed by atoms with Crippen molar-refractivity contribution in [2.75, 3.05) is 13.6 Å². The molecule has 2 rings (SSSR count). The third kappa shape index (κ3) is 1.16. The number of likely N-dealkylation sites (tertiary alicyclic amines) is 1. The highest BCUT2D eigenvalue weighted by atomic mass is 15.1. The first-order valence-electron chi connectivity index (χ1n) is 4.12. The smallest absolute Gasteiger partial charge is 0.0494 e. The lowest BCUT2D eigenvalue weighted by atomic mass is 10.1. The third-order valence-electron chi connectivity index (χ3n) is 2.43. The van der Waals surface area contributed by atoms with Crippen LogP contribution >= 0.6 is 0 Å². The van der Waals surface area contributed by atoms with Gasteiger partial charge in [0.05, 0.1) is 0 Å². The fraction of sp³-hybridized carbons (Fsp3) is 0.400. The molecule has 1 unspecified atom stereocenters. The Balaban J connectivity index is 2.30. The quantitative estimate of drug-likeness (QED) is 0.504. The van der Waals surface area contributed by atoms with Crippen molar-refractivity contribution in [3.8, 4) is 0 Å². The Morgan fingerprint density at radius 3 is 3.18 bits per heavy atom. The number of likely N-dealkylation sites (N-methyl/N-ethyl adjacent to an activating group) is 1. The van der Waals surface area contributed by atoms with Gasteiger partial charge in [-0.2, -0.15) is 0 Å². The van der Waals surface area contributed by atoms with E-state index < -0.39 is 0 Å². The summed E-state index contributed by atoms with van der Waals surface area (Å²) >= 11 is 0. The molecule has 1 heterocycles. The van der Waals surface area contributed by atoms with Gasteiger partial charge in [0.2, 0.25) is 0 Å². The van der Waals surface area contributed by atoms with Crippen molar-refractivity contribution in [1.82, 2.24) is 4.90 Å². The van der Waals surface area contributed by atoms with E-state index in [-0.39, 0.29) is 0 Å². The number of hydrogen-bond donors (Lipinski definition) is 0. The van der Waals surface area contributed by atoms with Crippen LogP contribution in [0.5, 0.6) is 0 Å². The van der Waals surface area contributed by atoms with Crippen LogP contribution in [0.1, 0.15) is 6.42 Å². The number of allylic oxidation sites excluding steroid dienone is 4. The summed E-state index contributed by atoms with van der Waals surface area (Å²) in [7, 11) is 2.18. The van der Waals surface area contributed by atoms with Gasteiger partial charge in [-0.25, -0.2) is 0 Å². The number of fused-ring (bicyclic) bond motifs is 1. The van der Waals surface area contributed by atoms with E-state index in [2.05, 4.69) is 42.3 Å². The van der Waals surface area contributed by atoms with Crippen molar-refractivity contribution >= 4 is 0 Å². The van der Waals surface area contributed by atoms with Gasteiger partial charge in [0, 0.05) is 12.6 Å². The van der Waals surface area contributed by atoms with Gasteiger partial charge >= 0.3 is 0 Å². The van der Waals surface area contributed by atoms with Crippen molar-refractivity contribution in [3.63, 3.8) is 0 Å². The van der Waals surface area contributed by atoms with Crippen molar-refractivity contribution in [3.05, 3.63) is 36.0 Å². The largest absolute Gasteiger partial charge is 0.296 e. The molecule has 1 atom stereocenters. The number of hydrogen-bond acceptors (Lipinski definition) is 1. The Kier molecular flexibility index (Phi) is 1.66. The zero-order valence-corrected chi connectivity index (χ0v) is 6.83. The van der Waals surface area contributed by atoms with E-state index in [9.17, 15) is 0 Å². The van der Waals surface area contributed by atoms with E-state index >= 15 is 0 Å². The van der Waals surface area contributed by atoms with Gasteiger partial charge in [-0.1, -0.05) is 30.4 Å². The van der Waals surface area contributed by atoms with Crippen LogP contribution in [0.2, 0.25) is 0 Å².